The number of benzene rings is 2. The van der Waals surface area contributed by atoms with E-state index in [9.17, 15) is 9.18 Å². The van der Waals surface area contributed by atoms with Crippen LogP contribution in [0.1, 0.15) is 19.4 Å². The van der Waals surface area contributed by atoms with E-state index in [-0.39, 0.29) is 30.4 Å². The highest BCUT2D eigenvalue weighted by Crippen LogP contribution is 2.31. The van der Waals surface area contributed by atoms with Crippen LogP contribution in [0.4, 0.5) is 4.39 Å². The molecule has 0 bridgehead atoms. The maximum Gasteiger partial charge on any atom is 0.260 e. The molecule has 6 nitrogen and oxygen atoms in total. The van der Waals surface area contributed by atoms with Gasteiger partial charge in [-0.05, 0) is 55.8 Å². The van der Waals surface area contributed by atoms with Crippen molar-refractivity contribution in [2.24, 2.45) is 0 Å². The Balaban J connectivity index is 1.38. The Hall–Kier alpha value is -2.90. The molecule has 0 spiro atoms. The summed E-state index contributed by atoms with van der Waals surface area (Å²) in [5.41, 5.74) is 2.59. The summed E-state index contributed by atoms with van der Waals surface area (Å²) >= 11 is 6.14. The molecule has 1 aromatic heterocycles. The van der Waals surface area contributed by atoms with E-state index < -0.39 is 0 Å². The third kappa shape index (κ3) is 5.11. The van der Waals surface area contributed by atoms with Gasteiger partial charge in [0.25, 0.3) is 5.91 Å². The number of H-pyrrole nitrogens is 1. The number of hydrogen-bond donors (Lipinski definition) is 1. The molecular formula is C24H26ClFN4O2. The summed E-state index contributed by atoms with van der Waals surface area (Å²) in [6.45, 7) is 6.16. The molecule has 2 heterocycles. The van der Waals surface area contributed by atoms with Crippen LogP contribution in [0.15, 0.2) is 54.7 Å². The van der Waals surface area contributed by atoms with E-state index in [4.69, 9.17) is 16.3 Å². The predicted octanol–water partition coefficient (Wildman–Crippen LogP) is 4.37. The van der Waals surface area contributed by atoms with Crippen LogP contribution in [0.25, 0.3) is 11.3 Å². The van der Waals surface area contributed by atoms with Crippen molar-refractivity contribution < 1.29 is 13.9 Å². The van der Waals surface area contributed by atoms with Gasteiger partial charge < -0.3 is 9.64 Å². The Morgan fingerprint density at radius 3 is 2.66 bits per heavy atom. The number of carbonyl (C=O) groups excluding carboxylic acids is 1. The van der Waals surface area contributed by atoms with Gasteiger partial charge in [0.15, 0.2) is 6.61 Å². The molecule has 168 valence electrons. The van der Waals surface area contributed by atoms with Crippen LogP contribution in [0.3, 0.4) is 0 Å². The number of aromatic amines is 1. The molecule has 1 aliphatic rings. The average molecular weight is 457 g/mol. The molecule has 2 atom stereocenters. The number of amides is 1. The van der Waals surface area contributed by atoms with Crippen LogP contribution in [-0.2, 0) is 11.3 Å². The summed E-state index contributed by atoms with van der Waals surface area (Å²) in [4.78, 5) is 17.2. The Kier molecular flexibility index (Phi) is 6.77. The molecule has 0 radical (unpaired) electrons. The van der Waals surface area contributed by atoms with Crippen molar-refractivity contribution in [1.82, 2.24) is 20.0 Å². The third-order valence-electron chi connectivity index (χ3n) is 5.82. The van der Waals surface area contributed by atoms with Crippen molar-refractivity contribution in [2.75, 3.05) is 19.7 Å². The lowest BCUT2D eigenvalue weighted by atomic mass is 10.1. The van der Waals surface area contributed by atoms with Gasteiger partial charge in [0, 0.05) is 48.5 Å². The van der Waals surface area contributed by atoms with Crippen molar-refractivity contribution >= 4 is 17.5 Å². The fraction of sp³-hybridized carbons (Fsp3) is 0.333. The maximum atomic E-state index is 13.2. The van der Waals surface area contributed by atoms with Gasteiger partial charge in [-0.1, -0.05) is 23.7 Å². The average Bonchev–Trinajstić information content (AvgIpc) is 3.31. The molecule has 1 saturated heterocycles. The van der Waals surface area contributed by atoms with Gasteiger partial charge >= 0.3 is 0 Å². The maximum absolute atomic E-state index is 13.2. The molecule has 1 fully saturated rings. The number of nitrogens with one attached hydrogen (secondary N) is 1. The molecule has 3 aromatic rings. The zero-order chi connectivity index (χ0) is 22.7. The number of rotatable bonds is 6. The number of piperazine rings is 1. The predicted molar refractivity (Wildman–Crippen MR) is 122 cm³/mol. The first-order chi connectivity index (χ1) is 15.4. The summed E-state index contributed by atoms with van der Waals surface area (Å²) in [5, 5.41) is 7.45. The highest BCUT2D eigenvalue weighted by atomic mass is 35.5. The van der Waals surface area contributed by atoms with Gasteiger partial charge in [-0.15, -0.1) is 0 Å². The largest absolute Gasteiger partial charge is 0.483 e. The molecule has 1 amide bonds. The minimum Gasteiger partial charge on any atom is -0.483 e. The van der Waals surface area contributed by atoms with Crippen molar-refractivity contribution in [2.45, 2.75) is 32.5 Å². The molecule has 1 N–H and O–H groups in total. The lowest BCUT2D eigenvalue weighted by Gasteiger charge is -2.44. The van der Waals surface area contributed by atoms with E-state index in [1.807, 2.05) is 30.0 Å². The van der Waals surface area contributed by atoms with Gasteiger partial charge in [-0.3, -0.25) is 14.8 Å². The SMILES string of the molecule is C[C@@H]1CN(Cc2ccc(F)cc2)[C@@H](C)CN1C(=O)COc1ccc(Cl)cc1-c1ccn[nH]1. The monoisotopic (exact) mass is 456 g/mol. The first-order valence-corrected chi connectivity index (χ1v) is 11.0. The number of hydrogen-bond acceptors (Lipinski definition) is 4. The highest BCUT2D eigenvalue weighted by molar-refractivity contribution is 6.30. The molecule has 0 aliphatic carbocycles. The van der Waals surface area contributed by atoms with Crippen LogP contribution < -0.4 is 4.74 Å². The van der Waals surface area contributed by atoms with E-state index in [1.165, 1.54) is 12.1 Å². The van der Waals surface area contributed by atoms with Crippen LogP contribution in [0.5, 0.6) is 5.75 Å². The summed E-state index contributed by atoms with van der Waals surface area (Å²) in [6.07, 6.45) is 1.65. The Bertz CT molecular complexity index is 1060. The van der Waals surface area contributed by atoms with Gasteiger partial charge in [-0.2, -0.15) is 5.10 Å². The first kappa shape index (κ1) is 22.3. The van der Waals surface area contributed by atoms with Crippen molar-refractivity contribution in [3.05, 3.63) is 71.1 Å². The molecular weight excluding hydrogens is 431 g/mol. The zero-order valence-electron chi connectivity index (χ0n) is 18.1. The molecule has 4 rings (SSSR count). The number of halogens is 2. The second kappa shape index (κ2) is 9.71. The Labute approximate surface area is 191 Å². The van der Waals surface area contributed by atoms with E-state index >= 15 is 0 Å². The number of carbonyl (C=O) groups is 1. The number of ether oxygens (including phenoxy) is 1. The third-order valence-corrected chi connectivity index (χ3v) is 6.05. The van der Waals surface area contributed by atoms with Crippen LogP contribution in [0, 0.1) is 5.82 Å². The molecule has 32 heavy (non-hydrogen) atoms. The van der Waals surface area contributed by atoms with Gasteiger partial charge in [0.1, 0.15) is 11.6 Å². The summed E-state index contributed by atoms with van der Waals surface area (Å²) < 4.78 is 19.1. The minimum atomic E-state index is -0.234. The van der Waals surface area contributed by atoms with Crippen molar-refractivity contribution in [3.63, 3.8) is 0 Å². The quantitative estimate of drug-likeness (QED) is 0.598. The van der Waals surface area contributed by atoms with Crippen LogP contribution >= 0.6 is 11.6 Å². The van der Waals surface area contributed by atoms with Crippen molar-refractivity contribution in [3.8, 4) is 17.0 Å². The van der Waals surface area contributed by atoms with Crippen LogP contribution in [-0.4, -0.2) is 57.7 Å². The van der Waals surface area contributed by atoms with E-state index in [0.717, 1.165) is 29.9 Å². The molecule has 2 aromatic carbocycles. The summed E-state index contributed by atoms with van der Waals surface area (Å²) in [7, 11) is 0. The standard InChI is InChI=1S/C24H26ClFN4O2/c1-16-13-30(17(2)12-29(16)14-18-3-6-20(26)7-4-18)24(31)15-32-23-8-5-19(25)11-21(23)22-9-10-27-28-22/h3-11,16-17H,12-15H2,1-2H3,(H,27,28)/t16-,17+/m0/s1. The van der Waals surface area contributed by atoms with Gasteiger partial charge in [-0.25, -0.2) is 4.39 Å². The summed E-state index contributed by atoms with van der Waals surface area (Å²) in [5.74, 6) is 0.279. The normalized spacial score (nSPS) is 19.2. The topological polar surface area (TPSA) is 61.5 Å². The van der Waals surface area contributed by atoms with Crippen LogP contribution in [0.2, 0.25) is 5.02 Å². The van der Waals surface area contributed by atoms with E-state index in [0.29, 0.717) is 17.3 Å². The summed E-state index contributed by atoms with van der Waals surface area (Å²) in [6, 6.07) is 13.9. The molecule has 8 heteroatoms. The van der Waals surface area contributed by atoms with E-state index in [2.05, 4.69) is 22.0 Å². The molecule has 0 unspecified atom stereocenters. The second-order valence-electron chi connectivity index (χ2n) is 8.20. The minimum absolute atomic E-state index is 0.0417. The highest BCUT2D eigenvalue weighted by Gasteiger charge is 2.32. The Morgan fingerprint density at radius 1 is 1.16 bits per heavy atom. The lowest BCUT2D eigenvalue weighted by molar-refractivity contribution is -0.139. The van der Waals surface area contributed by atoms with Gasteiger partial charge in [0.05, 0.1) is 5.69 Å². The lowest BCUT2D eigenvalue weighted by Crippen LogP contribution is -2.58. The molecule has 1 aliphatic heterocycles. The number of nitrogens with zero attached hydrogens (tertiary/aromatic N) is 3. The van der Waals surface area contributed by atoms with E-state index in [1.54, 1.807) is 24.4 Å². The zero-order valence-corrected chi connectivity index (χ0v) is 18.8. The second-order valence-corrected chi connectivity index (χ2v) is 8.64. The molecule has 0 saturated carbocycles. The fourth-order valence-corrected chi connectivity index (χ4v) is 4.23. The first-order valence-electron chi connectivity index (χ1n) is 10.6. The smallest absolute Gasteiger partial charge is 0.260 e. The number of aromatic nitrogens is 2. The van der Waals surface area contributed by atoms with Crippen molar-refractivity contribution in [1.29, 1.82) is 0 Å². The fourth-order valence-electron chi connectivity index (χ4n) is 4.06. The Morgan fingerprint density at radius 2 is 1.94 bits per heavy atom. The van der Waals surface area contributed by atoms with Gasteiger partial charge in [0.2, 0.25) is 0 Å².